The van der Waals surface area contributed by atoms with Crippen molar-refractivity contribution in [2.45, 2.75) is 83.1 Å². The van der Waals surface area contributed by atoms with Gasteiger partial charge in [-0.1, -0.05) is 45.4 Å². The Kier molecular flexibility index (Phi) is 6.37. The zero-order valence-corrected chi connectivity index (χ0v) is 12.3. The normalized spacial score (nSPS) is 19.9. The van der Waals surface area contributed by atoms with Crippen LogP contribution in [-0.4, -0.2) is 23.0 Å². The molecular formula is C15H27F2NO2. The maximum atomic E-state index is 12.9. The molecule has 0 spiro atoms. The lowest BCUT2D eigenvalue weighted by Gasteiger charge is -2.29. The van der Waals surface area contributed by atoms with E-state index < -0.39 is 23.3 Å². The number of carbonyl (C=O) groups is 1. The molecule has 3 N–H and O–H groups in total. The second-order valence-electron chi connectivity index (χ2n) is 6.32. The minimum Gasteiger partial charge on any atom is -0.480 e. The lowest BCUT2D eigenvalue weighted by Crippen LogP contribution is -2.50. The highest BCUT2D eigenvalue weighted by Gasteiger charge is 2.56. The number of hydrogen-bond acceptors (Lipinski definition) is 2. The van der Waals surface area contributed by atoms with Gasteiger partial charge in [-0.3, -0.25) is 4.79 Å². The van der Waals surface area contributed by atoms with E-state index in [0.717, 1.165) is 25.7 Å². The first-order valence-electron chi connectivity index (χ1n) is 7.67. The maximum absolute atomic E-state index is 12.9. The van der Waals surface area contributed by atoms with Gasteiger partial charge in [-0.2, -0.15) is 0 Å². The minimum atomic E-state index is -2.46. The van der Waals surface area contributed by atoms with Crippen LogP contribution < -0.4 is 5.73 Å². The van der Waals surface area contributed by atoms with Crippen molar-refractivity contribution in [3.05, 3.63) is 0 Å². The number of aliphatic carboxylic acids is 1. The third-order valence-electron chi connectivity index (χ3n) is 4.43. The molecule has 3 nitrogen and oxygen atoms in total. The topological polar surface area (TPSA) is 63.3 Å². The molecule has 1 atom stereocenters. The van der Waals surface area contributed by atoms with Gasteiger partial charge < -0.3 is 10.8 Å². The summed E-state index contributed by atoms with van der Waals surface area (Å²) in [6, 6.07) is 0. The Bertz CT molecular complexity index is 319. The van der Waals surface area contributed by atoms with Gasteiger partial charge in [0.25, 0.3) is 0 Å². The van der Waals surface area contributed by atoms with Crippen molar-refractivity contribution in [1.82, 2.24) is 0 Å². The summed E-state index contributed by atoms with van der Waals surface area (Å²) < 4.78 is 25.9. The molecule has 1 unspecified atom stereocenters. The van der Waals surface area contributed by atoms with E-state index in [4.69, 9.17) is 5.73 Å². The molecule has 0 aromatic rings. The average Bonchev–Trinajstić information content (AvgIpc) is 3.14. The van der Waals surface area contributed by atoms with E-state index >= 15 is 0 Å². The Morgan fingerprint density at radius 1 is 1.25 bits per heavy atom. The summed E-state index contributed by atoms with van der Waals surface area (Å²) in [5.74, 6) is -1.14. The van der Waals surface area contributed by atoms with Gasteiger partial charge in [0.05, 0.1) is 0 Å². The van der Waals surface area contributed by atoms with Crippen molar-refractivity contribution in [1.29, 1.82) is 0 Å². The van der Waals surface area contributed by atoms with E-state index in [1.165, 1.54) is 6.42 Å². The smallest absolute Gasteiger partial charge is 0.323 e. The molecule has 1 fully saturated rings. The highest BCUT2D eigenvalue weighted by atomic mass is 19.3. The molecule has 0 saturated heterocycles. The first kappa shape index (κ1) is 17.3. The molecule has 1 aliphatic carbocycles. The lowest BCUT2D eigenvalue weighted by atomic mass is 9.82. The van der Waals surface area contributed by atoms with Gasteiger partial charge in [0.1, 0.15) is 5.54 Å². The molecule has 0 aromatic heterocycles. The number of carboxylic acids is 1. The van der Waals surface area contributed by atoms with Crippen LogP contribution in [0, 0.1) is 5.41 Å². The number of alkyl halides is 2. The van der Waals surface area contributed by atoms with Crippen LogP contribution >= 0.6 is 0 Å². The van der Waals surface area contributed by atoms with Crippen LogP contribution in [0.25, 0.3) is 0 Å². The third kappa shape index (κ3) is 4.69. The fraction of sp³-hybridized carbons (Fsp3) is 0.933. The number of hydrogen-bond donors (Lipinski definition) is 2. The average molecular weight is 291 g/mol. The summed E-state index contributed by atoms with van der Waals surface area (Å²) in [6.45, 7) is 2.13. The lowest BCUT2D eigenvalue weighted by molar-refractivity contribution is -0.145. The van der Waals surface area contributed by atoms with Crippen LogP contribution in [0.1, 0.15) is 71.1 Å². The summed E-state index contributed by atoms with van der Waals surface area (Å²) >= 11 is 0. The standard InChI is InChI=1S/C15H27F2NO2/c1-2-3-4-5-6-7-8-15(18,13(19)20)11-14(9-10-14)12(16)17/h12H,2-11,18H2,1H3,(H,19,20). The quantitative estimate of drug-likeness (QED) is 0.566. The fourth-order valence-corrected chi connectivity index (χ4v) is 2.75. The molecule has 0 bridgehead atoms. The van der Waals surface area contributed by atoms with Gasteiger partial charge in [-0.25, -0.2) is 8.78 Å². The van der Waals surface area contributed by atoms with E-state index in [9.17, 15) is 18.7 Å². The van der Waals surface area contributed by atoms with Crippen LogP contribution in [0.3, 0.4) is 0 Å². The first-order valence-corrected chi connectivity index (χ1v) is 7.67. The first-order chi connectivity index (χ1) is 9.36. The molecule has 20 heavy (non-hydrogen) atoms. The molecule has 5 heteroatoms. The molecule has 0 radical (unpaired) electrons. The second kappa shape index (κ2) is 7.34. The summed E-state index contributed by atoms with van der Waals surface area (Å²) in [7, 11) is 0. The number of rotatable bonds is 11. The van der Waals surface area contributed by atoms with Crippen LogP contribution in [0.15, 0.2) is 0 Å². The Morgan fingerprint density at radius 2 is 1.80 bits per heavy atom. The number of nitrogens with two attached hydrogens (primary N) is 1. The highest BCUT2D eigenvalue weighted by molar-refractivity contribution is 5.78. The molecule has 1 aliphatic rings. The molecule has 1 saturated carbocycles. The van der Waals surface area contributed by atoms with Gasteiger partial charge in [0.15, 0.2) is 0 Å². The molecule has 0 amide bonds. The third-order valence-corrected chi connectivity index (χ3v) is 4.43. The van der Waals surface area contributed by atoms with Gasteiger partial charge in [0, 0.05) is 5.41 Å². The molecule has 0 aromatic carbocycles. The molecule has 1 rings (SSSR count). The van der Waals surface area contributed by atoms with Crippen LogP contribution in [0.5, 0.6) is 0 Å². The van der Waals surface area contributed by atoms with E-state index in [2.05, 4.69) is 6.92 Å². The minimum absolute atomic E-state index is 0.0953. The summed E-state index contributed by atoms with van der Waals surface area (Å²) in [5, 5.41) is 9.28. The van der Waals surface area contributed by atoms with Crippen LogP contribution in [0.2, 0.25) is 0 Å². The Labute approximate surface area is 119 Å². The zero-order chi connectivity index (χ0) is 15.2. The van der Waals surface area contributed by atoms with Gasteiger partial charge in [-0.05, 0) is 25.7 Å². The zero-order valence-electron chi connectivity index (χ0n) is 12.3. The second-order valence-corrected chi connectivity index (χ2v) is 6.32. The van der Waals surface area contributed by atoms with Crippen molar-refractivity contribution in [3.63, 3.8) is 0 Å². The van der Waals surface area contributed by atoms with E-state index in [1.54, 1.807) is 0 Å². The Hall–Kier alpha value is -0.710. The van der Waals surface area contributed by atoms with Crippen molar-refractivity contribution in [2.75, 3.05) is 0 Å². The van der Waals surface area contributed by atoms with Crippen molar-refractivity contribution in [3.8, 4) is 0 Å². The van der Waals surface area contributed by atoms with Crippen LogP contribution in [0.4, 0.5) is 8.78 Å². The van der Waals surface area contributed by atoms with Gasteiger partial charge in [0.2, 0.25) is 6.43 Å². The van der Waals surface area contributed by atoms with Crippen LogP contribution in [-0.2, 0) is 4.79 Å². The van der Waals surface area contributed by atoms with Crippen molar-refractivity contribution < 1.29 is 18.7 Å². The largest absolute Gasteiger partial charge is 0.480 e. The van der Waals surface area contributed by atoms with E-state index in [0.29, 0.717) is 25.7 Å². The Balaban J connectivity index is 2.41. The molecule has 118 valence electrons. The molecular weight excluding hydrogens is 264 g/mol. The van der Waals surface area contributed by atoms with E-state index in [1.807, 2.05) is 0 Å². The molecule has 0 aliphatic heterocycles. The summed E-state index contributed by atoms with van der Waals surface area (Å²) in [4.78, 5) is 11.3. The maximum Gasteiger partial charge on any atom is 0.323 e. The van der Waals surface area contributed by atoms with Crippen molar-refractivity contribution >= 4 is 5.97 Å². The number of unbranched alkanes of at least 4 members (excludes halogenated alkanes) is 5. The summed E-state index contributed by atoms with van der Waals surface area (Å²) in [6.07, 6.45) is 4.69. The fourth-order valence-electron chi connectivity index (χ4n) is 2.75. The monoisotopic (exact) mass is 291 g/mol. The predicted octanol–water partition coefficient (Wildman–Crippen LogP) is 3.95. The SMILES string of the molecule is CCCCCCCCC(N)(CC1(C(F)F)CC1)C(=O)O. The number of carboxylic acid groups (broad SMARTS) is 1. The van der Waals surface area contributed by atoms with Gasteiger partial charge in [-0.15, -0.1) is 0 Å². The predicted molar refractivity (Wildman–Crippen MR) is 74.8 cm³/mol. The summed E-state index contributed by atoms with van der Waals surface area (Å²) in [5.41, 5.74) is 3.29. The highest BCUT2D eigenvalue weighted by Crippen LogP contribution is 2.55. The molecule has 0 heterocycles. The van der Waals surface area contributed by atoms with Gasteiger partial charge >= 0.3 is 5.97 Å². The van der Waals surface area contributed by atoms with E-state index in [-0.39, 0.29) is 6.42 Å². The van der Waals surface area contributed by atoms with Crippen molar-refractivity contribution in [2.24, 2.45) is 11.1 Å². The Morgan fingerprint density at radius 3 is 2.25 bits per heavy atom. The number of halogens is 2.